The van der Waals surface area contributed by atoms with Gasteiger partial charge in [-0.3, -0.25) is 0 Å². The zero-order valence-electron chi connectivity index (χ0n) is 12.5. The number of fused-ring (bicyclic) bond motifs is 1. The summed E-state index contributed by atoms with van der Waals surface area (Å²) in [4.78, 5) is 9.48. The van der Waals surface area contributed by atoms with Gasteiger partial charge < -0.3 is 9.30 Å². The van der Waals surface area contributed by atoms with E-state index in [-0.39, 0.29) is 0 Å². The normalized spacial score (nSPS) is 23.9. The minimum Gasteiger partial charge on any atom is -0.378 e. The molecular formula is C17H23N3O. The lowest BCUT2D eigenvalue weighted by molar-refractivity contribution is 0.108. The monoisotopic (exact) mass is 285 g/mol. The highest BCUT2D eigenvalue weighted by atomic mass is 16.5. The van der Waals surface area contributed by atoms with Crippen LogP contribution in [0.5, 0.6) is 0 Å². The maximum Gasteiger partial charge on any atom is 0.160 e. The standard InChI is InChI=1S/C17H23N3O/c1-2-6-13(7-3-1)20-16(12-14-8-5-11-21-14)19-15-9-4-10-18-17(15)20/h4,9-10,13-14H,1-3,5-8,11-12H2. The number of ether oxygens (including phenoxy) is 1. The number of nitrogens with zero attached hydrogens (tertiary/aromatic N) is 3. The third-order valence-electron chi connectivity index (χ3n) is 4.90. The van der Waals surface area contributed by atoms with Crippen LogP contribution in [0.2, 0.25) is 0 Å². The largest absolute Gasteiger partial charge is 0.378 e. The Morgan fingerprint density at radius 3 is 2.86 bits per heavy atom. The van der Waals surface area contributed by atoms with Crippen molar-refractivity contribution in [3.05, 3.63) is 24.2 Å². The Balaban J connectivity index is 1.72. The topological polar surface area (TPSA) is 39.9 Å². The lowest BCUT2D eigenvalue weighted by atomic mass is 9.95. The summed E-state index contributed by atoms with van der Waals surface area (Å²) in [6, 6.07) is 4.65. The molecule has 1 aliphatic carbocycles. The second-order valence-electron chi connectivity index (χ2n) is 6.38. The van der Waals surface area contributed by atoms with E-state index in [4.69, 9.17) is 9.72 Å². The molecule has 112 valence electrons. The Morgan fingerprint density at radius 2 is 2.05 bits per heavy atom. The van der Waals surface area contributed by atoms with Gasteiger partial charge in [0.15, 0.2) is 5.65 Å². The maximum atomic E-state index is 5.82. The predicted molar refractivity (Wildman–Crippen MR) is 82.3 cm³/mol. The summed E-state index contributed by atoms with van der Waals surface area (Å²) in [5.41, 5.74) is 2.11. The van der Waals surface area contributed by atoms with Gasteiger partial charge in [0.2, 0.25) is 0 Å². The fraction of sp³-hybridized carbons (Fsp3) is 0.647. The fourth-order valence-corrected chi connectivity index (χ4v) is 3.85. The van der Waals surface area contributed by atoms with Crippen molar-refractivity contribution in [3.8, 4) is 0 Å². The van der Waals surface area contributed by atoms with Crippen molar-refractivity contribution < 1.29 is 4.74 Å². The maximum absolute atomic E-state index is 5.82. The van der Waals surface area contributed by atoms with Crippen LogP contribution in [0, 0.1) is 0 Å². The van der Waals surface area contributed by atoms with Gasteiger partial charge in [-0.15, -0.1) is 0 Å². The molecular weight excluding hydrogens is 262 g/mol. The first kappa shape index (κ1) is 13.3. The Labute approximate surface area is 125 Å². The van der Waals surface area contributed by atoms with Gasteiger partial charge in [-0.1, -0.05) is 19.3 Å². The van der Waals surface area contributed by atoms with Gasteiger partial charge >= 0.3 is 0 Å². The molecule has 0 spiro atoms. The summed E-state index contributed by atoms with van der Waals surface area (Å²) in [6.07, 6.45) is 12.1. The van der Waals surface area contributed by atoms with Crippen LogP contribution in [0.4, 0.5) is 0 Å². The van der Waals surface area contributed by atoms with E-state index in [0.29, 0.717) is 12.1 Å². The van der Waals surface area contributed by atoms with Crippen molar-refractivity contribution in [2.75, 3.05) is 6.61 Å². The van der Waals surface area contributed by atoms with Gasteiger partial charge in [0.1, 0.15) is 11.3 Å². The Bertz CT molecular complexity index is 610. The minimum absolute atomic E-state index is 0.351. The van der Waals surface area contributed by atoms with Crippen LogP contribution in [-0.2, 0) is 11.2 Å². The fourth-order valence-electron chi connectivity index (χ4n) is 3.85. The zero-order valence-corrected chi connectivity index (χ0v) is 12.5. The second kappa shape index (κ2) is 5.76. The van der Waals surface area contributed by atoms with Gasteiger partial charge in [0.25, 0.3) is 0 Å². The molecule has 4 nitrogen and oxygen atoms in total. The molecule has 0 N–H and O–H groups in total. The average molecular weight is 285 g/mol. The van der Waals surface area contributed by atoms with Crippen molar-refractivity contribution in [2.24, 2.45) is 0 Å². The quantitative estimate of drug-likeness (QED) is 0.864. The van der Waals surface area contributed by atoms with E-state index in [1.165, 1.54) is 50.8 Å². The summed E-state index contributed by atoms with van der Waals surface area (Å²) < 4.78 is 8.25. The number of pyridine rings is 1. The number of hydrogen-bond acceptors (Lipinski definition) is 3. The molecule has 1 unspecified atom stereocenters. The van der Waals surface area contributed by atoms with Crippen LogP contribution in [0.1, 0.15) is 56.8 Å². The van der Waals surface area contributed by atoms with Crippen LogP contribution in [-0.4, -0.2) is 27.2 Å². The smallest absolute Gasteiger partial charge is 0.160 e. The molecule has 1 saturated heterocycles. The highest BCUT2D eigenvalue weighted by molar-refractivity contribution is 5.71. The number of imidazole rings is 1. The second-order valence-corrected chi connectivity index (χ2v) is 6.38. The highest BCUT2D eigenvalue weighted by Crippen LogP contribution is 2.32. The summed E-state index contributed by atoms with van der Waals surface area (Å²) >= 11 is 0. The van der Waals surface area contributed by atoms with E-state index in [2.05, 4.69) is 15.6 Å². The molecule has 2 aromatic rings. The van der Waals surface area contributed by atoms with E-state index < -0.39 is 0 Å². The van der Waals surface area contributed by atoms with E-state index in [0.717, 1.165) is 24.2 Å². The van der Waals surface area contributed by atoms with Crippen LogP contribution < -0.4 is 0 Å². The lowest BCUT2D eigenvalue weighted by Gasteiger charge is -2.25. The lowest BCUT2D eigenvalue weighted by Crippen LogP contribution is -2.19. The number of rotatable bonds is 3. The molecule has 3 heterocycles. The van der Waals surface area contributed by atoms with Crippen LogP contribution in [0.3, 0.4) is 0 Å². The Kier molecular flexibility index (Phi) is 3.63. The van der Waals surface area contributed by atoms with Gasteiger partial charge in [-0.25, -0.2) is 9.97 Å². The summed E-state index contributed by atoms with van der Waals surface area (Å²) in [5.74, 6) is 1.18. The summed E-state index contributed by atoms with van der Waals surface area (Å²) in [7, 11) is 0. The minimum atomic E-state index is 0.351. The van der Waals surface area contributed by atoms with Crippen molar-refractivity contribution >= 4 is 11.2 Å². The van der Waals surface area contributed by atoms with Gasteiger partial charge in [0.05, 0.1) is 6.10 Å². The molecule has 21 heavy (non-hydrogen) atoms. The van der Waals surface area contributed by atoms with Gasteiger partial charge in [-0.05, 0) is 37.8 Å². The summed E-state index contributed by atoms with van der Waals surface area (Å²) in [5, 5.41) is 0. The molecule has 4 rings (SSSR count). The van der Waals surface area contributed by atoms with Crippen molar-refractivity contribution in [2.45, 2.75) is 63.5 Å². The molecule has 4 heteroatoms. The van der Waals surface area contributed by atoms with E-state index in [9.17, 15) is 0 Å². The van der Waals surface area contributed by atoms with Gasteiger partial charge in [0, 0.05) is 25.3 Å². The average Bonchev–Trinajstić information content (AvgIpc) is 3.15. The molecule has 2 aromatic heterocycles. The molecule has 1 saturated carbocycles. The highest BCUT2D eigenvalue weighted by Gasteiger charge is 2.25. The van der Waals surface area contributed by atoms with E-state index in [1.54, 1.807) is 0 Å². The molecule has 0 amide bonds. The zero-order chi connectivity index (χ0) is 14.1. The molecule has 1 atom stereocenters. The molecule has 0 aromatic carbocycles. The summed E-state index contributed by atoms with van der Waals surface area (Å²) in [6.45, 7) is 0.909. The molecule has 0 bridgehead atoms. The van der Waals surface area contributed by atoms with Crippen LogP contribution in [0.25, 0.3) is 11.2 Å². The van der Waals surface area contributed by atoms with Crippen LogP contribution in [0.15, 0.2) is 18.3 Å². The Hall–Kier alpha value is -1.42. The van der Waals surface area contributed by atoms with E-state index >= 15 is 0 Å². The first-order valence-corrected chi connectivity index (χ1v) is 8.35. The molecule has 0 radical (unpaired) electrons. The molecule has 2 fully saturated rings. The van der Waals surface area contributed by atoms with Crippen molar-refractivity contribution in [3.63, 3.8) is 0 Å². The van der Waals surface area contributed by atoms with E-state index in [1.807, 2.05) is 12.3 Å². The SMILES string of the molecule is c1cnc2c(c1)nc(CC1CCCO1)n2C1CCCCC1. The van der Waals surface area contributed by atoms with Crippen molar-refractivity contribution in [1.29, 1.82) is 0 Å². The number of aromatic nitrogens is 3. The van der Waals surface area contributed by atoms with Crippen molar-refractivity contribution in [1.82, 2.24) is 14.5 Å². The first-order chi connectivity index (χ1) is 10.4. The first-order valence-electron chi connectivity index (χ1n) is 8.35. The predicted octanol–water partition coefficient (Wildman–Crippen LogP) is 3.66. The third kappa shape index (κ3) is 2.57. The molecule has 2 aliphatic rings. The Morgan fingerprint density at radius 1 is 1.14 bits per heavy atom. The molecule has 1 aliphatic heterocycles. The van der Waals surface area contributed by atoms with Gasteiger partial charge in [-0.2, -0.15) is 0 Å². The number of hydrogen-bond donors (Lipinski definition) is 0. The van der Waals surface area contributed by atoms with Crippen LogP contribution >= 0.6 is 0 Å². The third-order valence-corrected chi connectivity index (χ3v) is 4.90.